The molecular weight excluding hydrogens is 298 g/mol. The van der Waals surface area contributed by atoms with Crippen LogP contribution in [-0.4, -0.2) is 40.5 Å². The SMILES string of the molecule is NC(=O)C1CCCN1C(=O)Nc1ccc(Cl)cc1C(=O)O. The molecule has 0 bridgehead atoms. The molecule has 0 spiro atoms. The first-order valence-electron chi connectivity index (χ1n) is 6.30. The van der Waals surface area contributed by atoms with Gasteiger partial charge in [-0.05, 0) is 31.0 Å². The number of nitrogens with two attached hydrogens (primary N) is 1. The van der Waals surface area contributed by atoms with Gasteiger partial charge in [-0.25, -0.2) is 9.59 Å². The molecule has 0 saturated carbocycles. The monoisotopic (exact) mass is 311 g/mol. The molecule has 112 valence electrons. The molecule has 1 aromatic rings. The third-order valence-electron chi connectivity index (χ3n) is 3.30. The molecule has 4 N–H and O–H groups in total. The van der Waals surface area contributed by atoms with Crippen molar-refractivity contribution in [2.75, 3.05) is 11.9 Å². The number of nitrogens with one attached hydrogen (secondary N) is 1. The summed E-state index contributed by atoms with van der Waals surface area (Å²) in [6.07, 6.45) is 1.18. The van der Waals surface area contributed by atoms with Crippen LogP contribution in [0.4, 0.5) is 10.5 Å². The highest BCUT2D eigenvalue weighted by Crippen LogP contribution is 2.23. The van der Waals surface area contributed by atoms with Crippen molar-refractivity contribution in [1.29, 1.82) is 0 Å². The Bertz CT molecular complexity index is 605. The van der Waals surface area contributed by atoms with Crippen molar-refractivity contribution in [2.24, 2.45) is 5.73 Å². The molecule has 0 aromatic heterocycles. The van der Waals surface area contributed by atoms with Crippen LogP contribution in [0.15, 0.2) is 18.2 Å². The highest BCUT2D eigenvalue weighted by Gasteiger charge is 2.33. The number of hydrogen-bond acceptors (Lipinski definition) is 3. The second kappa shape index (κ2) is 6.01. The smallest absolute Gasteiger partial charge is 0.337 e. The van der Waals surface area contributed by atoms with Crippen LogP contribution < -0.4 is 11.1 Å². The first-order chi connectivity index (χ1) is 9.90. The summed E-state index contributed by atoms with van der Waals surface area (Å²) in [5.41, 5.74) is 5.24. The van der Waals surface area contributed by atoms with Gasteiger partial charge in [-0.3, -0.25) is 4.79 Å². The summed E-state index contributed by atoms with van der Waals surface area (Å²) in [7, 11) is 0. The Morgan fingerprint density at radius 1 is 1.38 bits per heavy atom. The van der Waals surface area contributed by atoms with Gasteiger partial charge in [-0.15, -0.1) is 0 Å². The van der Waals surface area contributed by atoms with Crippen molar-refractivity contribution >= 4 is 35.2 Å². The van der Waals surface area contributed by atoms with Crippen LogP contribution in [0.1, 0.15) is 23.2 Å². The van der Waals surface area contributed by atoms with Crippen LogP contribution in [-0.2, 0) is 4.79 Å². The zero-order valence-electron chi connectivity index (χ0n) is 11.0. The number of carbonyl (C=O) groups is 3. The molecule has 1 atom stereocenters. The quantitative estimate of drug-likeness (QED) is 0.785. The Morgan fingerprint density at radius 3 is 2.71 bits per heavy atom. The number of aromatic carboxylic acids is 1. The summed E-state index contributed by atoms with van der Waals surface area (Å²) in [5, 5.41) is 11.8. The number of likely N-dealkylation sites (tertiary alicyclic amines) is 1. The van der Waals surface area contributed by atoms with Crippen molar-refractivity contribution in [3.05, 3.63) is 28.8 Å². The number of carboxylic acids is 1. The Labute approximate surface area is 125 Å². The number of nitrogens with zero attached hydrogens (tertiary/aromatic N) is 1. The van der Waals surface area contributed by atoms with Crippen LogP contribution in [0.3, 0.4) is 0 Å². The Kier molecular flexibility index (Phi) is 4.32. The fourth-order valence-electron chi connectivity index (χ4n) is 2.30. The second-order valence-corrected chi connectivity index (χ2v) is 5.12. The van der Waals surface area contributed by atoms with Crippen LogP contribution in [0.5, 0.6) is 0 Å². The van der Waals surface area contributed by atoms with Crippen molar-refractivity contribution in [3.63, 3.8) is 0 Å². The average molecular weight is 312 g/mol. The highest BCUT2D eigenvalue weighted by atomic mass is 35.5. The first-order valence-corrected chi connectivity index (χ1v) is 6.67. The number of rotatable bonds is 3. The predicted molar refractivity (Wildman–Crippen MR) is 76.4 cm³/mol. The van der Waals surface area contributed by atoms with Gasteiger partial charge in [0.15, 0.2) is 0 Å². The van der Waals surface area contributed by atoms with Gasteiger partial charge in [0.2, 0.25) is 5.91 Å². The number of hydrogen-bond donors (Lipinski definition) is 3. The van der Waals surface area contributed by atoms with E-state index in [9.17, 15) is 14.4 Å². The standard InChI is InChI=1S/C13H14ClN3O4/c14-7-3-4-9(8(6-7)12(19)20)16-13(21)17-5-1-2-10(17)11(15)18/h3-4,6,10H,1-2,5H2,(H2,15,18)(H,16,21)(H,19,20). The first kappa shape index (κ1) is 15.1. The van der Waals surface area contributed by atoms with E-state index in [0.717, 1.165) is 0 Å². The maximum absolute atomic E-state index is 12.2. The van der Waals surface area contributed by atoms with E-state index >= 15 is 0 Å². The number of carboxylic acid groups (broad SMARTS) is 1. The molecule has 21 heavy (non-hydrogen) atoms. The largest absolute Gasteiger partial charge is 0.478 e. The third-order valence-corrected chi connectivity index (χ3v) is 3.53. The zero-order valence-corrected chi connectivity index (χ0v) is 11.8. The van der Waals surface area contributed by atoms with E-state index in [1.165, 1.54) is 23.1 Å². The number of carbonyl (C=O) groups excluding carboxylic acids is 2. The van der Waals surface area contributed by atoms with Gasteiger partial charge in [0.25, 0.3) is 0 Å². The minimum absolute atomic E-state index is 0.118. The number of amides is 3. The van der Waals surface area contributed by atoms with Crippen LogP contribution in [0.25, 0.3) is 0 Å². The second-order valence-electron chi connectivity index (χ2n) is 4.68. The molecule has 1 aliphatic heterocycles. The van der Waals surface area contributed by atoms with Crippen molar-refractivity contribution < 1.29 is 19.5 Å². The zero-order chi connectivity index (χ0) is 15.6. The molecule has 1 saturated heterocycles. The van der Waals surface area contributed by atoms with Crippen LogP contribution in [0.2, 0.25) is 5.02 Å². The molecule has 0 radical (unpaired) electrons. The molecule has 8 heteroatoms. The molecule has 0 aliphatic carbocycles. The van der Waals surface area contributed by atoms with Gasteiger partial charge in [0.05, 0.1) is 11.3 Å². The molecule has 2 rings (SSSR count). The molecular formula is C13H14ClN3O4. The highest BCUT2D eigenvalue weighted by molar-refractivity contribution is 6.31. The molecule has 3 amide bonds. The van der Waals surface area contributed by atoms with Crippen molar-refractivity contribution in [3.8, 4) is 0 Å². The molecule has 1 aliphatic rings. The van der Waals surface area contributed by atoms with E-state index in [2.05, 4.69) is 5.32 Å². The lowest BCUT2D eigenvalue weighted by atomic mass is 10.2. The van der Waals surface area contributed by atoms with E-state index in [4.69, 9.17) is 22.4 Å². The Hall–Kier alpha value is -2.28. The van der Waals surface area contributed by atoms with Gasteiger partial charge >= 0.3 is 12.0 Å². The number of primary amides is 1. The lowest BCUT2D eigenvalue weighted by Crippen LogP contribution is -2.45. The van der Waals surface area contributed by atoms with E-state index in [0.29, 0.717) is 19.4 Å². The van der Waals surface area contributed by atoms with Gasteiger partial charge in [0.1, 0.15) is 6.04 Å². The Morgan fingerprint density at radius 2 is 2.10 bits per heavy atom. The third kappa shape index (κ3) is 3.25. The van der Waals surface area contributed by atoms with Gasteiger partial charge in [-0.1, -0.05) is 11.6 Å². The summed E-state index contributed by atoms with van der Waals surface area (Å²) in [4.78, 5) is 35.9. The van der Waals surface area contributed by atoms with Crippen LogP contribution in [0, 0.1) is 0 Å². The van der Waals surface area contributed by atoms with Gasteiger partial charge in [0, 0.05) is 11.6 Å². The van der Waals surface area contributed by atoms with Gasteiger partial charge < -0.3 is 21.1 Å². The minimum atomic E-state index is -1.21. The molecule has 7 nitrogen and oxygen atoms in total. The van der Waals surface area contributed by atoms with Crippen molar-refractivity contribution in [2.45, 2.75) is 18.9 Å². The lowest BCUT2D eigenvalue weighted by molar-refractivity contribution is -0.121. The maximum atomic E-state index is 12.2. The molecule has 1 fully saturated rings. The van der Waals surface area contributed by atoms with Gasteiger partial charge in [-0.2, -0.15) is 0 Å². The summed E-state index contributed by atoms with van der Waals surface area (Å²) in [5.74, 6) is -1.78. The number of urea groups is 1. The minimum Gasteiger partial charge on any atom is -0.478 e. The molecule has 1 unspecified atom stereocenters. The normalized spacial score (nSPS) is 17.6. The maximum Gasteiger partial charge on any atom is 0.337 e. The van der Waals surface area contributed by atoms with E-state index < -0.39 is 23.9 Å². The van der Waals surface area contributed by atoms with E-state index in [1.54, 1.807) is 0 Å². The number of anilines is 1. The fourth-order valence-corrected chi connectivity index (χ4v) is 2.47. The van der Waals surface area contributed by atoms with E-state index in [1.807, 2.05) is 0 Å². The van der Waals surface area contributed by atoms with E-state index in [-0.39, 0.29) is 16.3 Å². The van der Waals surface area contributed by atoms with Crippen LogP contribution >= 0.6 is 11.6 Å². The summed E-state index contributed by atoms with van der Waals surface area (Å²) >= 11 is 5.74. The Balaban J connectivity index is 2.20. The number of halogens is 1. The number of benzene rings is 1. The van der Waals surface area contributed by atoms with Crippen molar-refractivity contribution in [1.82, 2.24) is 4.90 Å². The summed E-state index contributed by atoms with van der Waals surface area (Å²) in [6.45, 7) is 0.398. The average Bonchev–Trinajstić information content (AvgIpc) is 2.90. The summed E-state index contributed by atoms with van der Waals surface area (Å²) in [6, 6.07) is 2.90. The lowest BCUT2D eigenvalue weighted by Gasteiger charge is -2.23. The fraction of sp³-hybridized carbons (Fsp3) is 0.308. The summed E-state index contributed by atoms with van der Waals surface area (Å²) < 4.78 is 0. The molecule has 1 aromatic carbocycles. The topological polar surface area (TPSA) is 113 Å². The predicted octanol–water partition coefficient (Wildman–Crippen LogP) is 1.52. The molecule has 1 heterocycles.